The zero-order valence-corrected chi connectivity index (χ0v) is 10.7. The van der Waals surface area contributed by atoms with Crippen LogP contribution in [0.2, 0.25) is 0 Å². The zero-order chi connectivity index (χ0) is 11.5. The van der Waals surface area contributed by atoms with E-state index in [2.05, 4.69) is 27.3 Å². The Bertz CT molecular complexity index is 394. The van der Waals surface area contributed by atoms with Gasteiger partial charge in [0.05, 0.1) is 7.11 Å². The molecule has 16 heavy (non-hydrogen) atoms. The van der Waals surface area contributed by atoms with E-state index in [4.69, 9.17) is 4.74 Å². The second-order valence-electron chi connectivity index (χ2n) is 3.89. The molecule has 1 aromatic rings. The van der Waals surface area contributed by atoms with Gasteiger partial charge in [-0.3, -0.25) is 10.1 Å². The van der Waals surface area contributed by atoms with Gasteiger partial charge in [0.15, 0.2) is 0 Å². The van der Waals surface area contributed by atoms with Crippen molar-refractivity contribution in [2.24, 2.45) is 0 Å². The highest BCUT2D eigenvalue weighted by atomic mass is 79.9. The lowest BCUT2D eigenvalue weighted by atomic mass is 10.1. The molecule has 2 atom stereocenters. The number of esters is 1. The minimum absolute atomic E-state index is 0.165. The van der Waals surface area contributed by atoms with Crippen molar-refractivity contribution in [1.29, 1.82) is 0 Å². The van der Waals surface area contributed by atoms with Crippen molar-refractivity contribution in [3.63, 3.8) is 0 Å². The molecule has 0 bridgehead atoms. The van der Waals surface area contributed by atoms with Crippen molar-refractivity contribution < 1.29 is 9.53 Å². The van der Waals surface area contributed by atoms with E-state index in [1.54, 1.807) is 0 Å². The normalized spacial score (nSPS) is 24.4. The van der Waals surface area contributed by atoms with E-state index in [1.165, 1.54) is 12.7 Å². The largest absolute Gasteiger partial charge is 0.468 e. The van der Waals surface area contributed by atoms with E-state index in [0.29, 0.717) is 0 Å². The summed E-state index contributed by atoms with van der Waals surface area (Å²) in [4.78, 5) is 11.4. The predicted molar refractivity (Wildman–Crippen MR) is 65.1 cm³/mol. The van der Waals surface area contributed by atoms with E-state index < -0.39 is 0 Å². The number of rotatable bonds is 2. The van der Waals surface area contributed by atoms with Gasteiger partial charge in [0.25, 0.3) is 0 Å². The molecule has 1 N–H and O–H groups in total. The average Bonchev–Trinajstić information content (AvgIpc) is 2.78. The van der Waals surface area contributed by atoms with Gasteiger partial charge in [0, 0.05) is 10.5 Å². The van der Waals surface area contributed by atoms with E-state index in [-0.39, 0.29) is 18.1 Å². The van der Waals surface area contributed by atoms with Crippen LogP contribution in [-0.4, -0.2) is 19.1 Å². The van der Waals surface area contributed by atoms with Crippen molar-refractivity contribution >= 4 is 21.9 Å². The molecule has 86 valence electrons. The van der Waals surface area contributed by atoms with Crippen molar-refractivity contribution in [3.8, 4) is 0 Å². The summed E-state index contributed by atoms with van der Waals surface area (Å²) in [5.41, 5.74) is 1.20. The van der Waals surface area contributed by atoms with E-state index in [0.717, 1.165) is 17.3 Å². The van der Waals surface area contributed by atoms with Crippen LogP contribution in [0, 0.1) is 0 Å². The summed E-state index contributed by atoms with van der Waals surface area (Å²) >= 11 is 3.52. The third kappa shape index (κ3) is 2.28. The summed E-state index contributed by atoms with van der Waals surface area (Å²) in [7, 11) is 1.43. The summed E-state index contributed by atoms with van der Waals surface area (Å²) in [5, 5.41) is 3.29. The zero-order valence-electron chi connectivity index (χ0n) is 9.07. The number of halogens is 1. The predicted octanol–water partition coefficient (Wildman–Crippen LogP) is 2.42. The Balaban J connectivity index is 2.09. The van der Waals surface area contributed by atoms with Crippen LogP contribution < -0.4 is 5.32 Å². The fourth-order valence-electron chi connectivity index (χ4n) is 2.07. The quantitative estimate of drug-likeness (QED) is 0.848. The minimum Gasteiger partial charge on any atom is -0.468 e. The van der Waals surface area contributed by atoms with Crippen molar-refractivity contribution in [1.82, 2.24) is 5.32 Å². The highest BCUT2D eigenvalue weighted by Crippen LogP contribution is 2.31. The number of carbonyl (C=O) groups is 1. The molecule has 1 heterocycles. The van der Waals surface area contributed by atoms with Crippen LogP contribution in [0.15, 0.2) is 28.7 Å². The SMILES string of the molecule is COC(=O)C1CCC(c2ccccc2Br)N1. The molecule has 1 aliphatic heterocycles. The van der Waals surface area contributed by atoms with Crippen LogP contribution in [0.5, 0.6) is 0 Å². The van der Waals surface area contributed by atoms with Gasteiger partial charge in [0.1, 0.15) is 6.04 Å². The molecule has 2 unspecified atom stereocenters. The molecule has 2 rings (SSSR count). The molecule has 3 nitrogen and oxygen atoms in total. The lowest BCUT2D eigenvalue weighted by Gasteiger charge is -2.14. The molecule has 4 heteroatoms. The molecule has 0 aliphatic carbocycles. The summed E-state index contributed by atoms with van der Waals surface area (Å²) in [6, 6.07) is 8.15. The number of hydrogen-bond donors (Lipinski definition) is 1. The van der Waals surface area contributed by atoms with Crippen LogP contribution in [0.25, 0.3) is 0 Å². The van der Waals surface area contributed by atoms with Crippen molar-refractivity contribution in [3.05, 3.63) is 34.3 Å². The second-order valence-corrected chi connectivity index (χ2v) is 4.75. The van der Waals surface area contributed by atoms with E-state index in [1.807, 2.05) is 18.2 Å². The first kappa shape index (κ1) is 11.6. The molecule has 1 saturated heterocycles. The summed E-state index contributed by atoms with van der Waals surface area (Å²) in [6.07, 6.45) is 1.79. The molecule has 0 saturated carbocycles. The van der Waals surface area contributed by atoms with Gasteiger partial charge < -0.3 is 4.74 Å². The van der Waals surface area contributed by atoms with Crippen LogP contribution in [0.4, 0.5) is 0 Å². The summed E-state index contributed by atoms with van der Waals surface area (Å²) in [5.74, 6) is -0.172. The number of benzene rings is 1. The summed E-state index contributed by atoms with van der Waals surface area (Å²) in [6.45, 7) is 0. The molecule has 1 aliphatic rings. The molecule has 0 amide bonds. The van der Waals surface area contributed by atoms with Gasteiger partial charge in [-0.25, -0.2) is 0 Å². The summed E-state index contributed by atoms with van der Waals surface area (Å²) < 4.78 is 5.82. The smallest absolute Gasteiger partial charge is 0.322 e. The fourth-order valence-corrected chi connectivity index (χ4v) is 2.64. The molecule has 1 aromatic carbocycles. The maximum Gasteiger partial charge on any atom is 0.322 e. The number of nitrogens with one attached hydrogen (secondary N) is 1. The lowest BCUT2D eigenvalue weighted by Crippen LogP contribution is -2.33. The Morgan fingerprint density at radius 1 is 1.44 bits per heavy atom. The minimum atomic E-state index is -0.172. The Morgan fingerprint density at radius 2 is 2.19 bits per heavy atom. The molecule has 0 radical (unpaired) electrons. The third-order valence-corrected chi connectivity index (χ3v) is 3.63. The standard InChI is InChI=1S/C12H14BrNO2/c1-16-12(15)11-7-6-10(14-11)8-4-2-3-5-9(8)13/h2-5,10-11,14H,6-7H2,1H3. The Kier molecular flexibility index (Phi) is 3.61. The number of hydrogen-bond acceptors (Lipinski definition) is 3. The van der Waals surface area contributed by atoms with E-state index in [9.17, 15) is 4.79 Å². The van der Waals surface area contributed by atoms with Gasteiger partial charge >= 0.3 is 5.97 Å². The Labute approximate surface area is 103 Å². The van der Waals surface area contributed by atoms with E-state index >= 15 is 0 Å². The topological polar surface area (TPSA) is 38.3 Å². The highest BCUT2D eigenvalue weighted by molar-refractivity contribution is 9.10. The van der Waals surface area contributed by atoms with Crippen molar-refractivity contribution in [2.45, 2.75) is 24.9 Å². The maximum absolute atomic E-state index is 11.4. The van der Waals surface area contributed by atoms with Crippen LogP contribution in [0.1, 0.15) is 24.4 Å². The molecule has 0 aromatic heterocycles. The monoisotopic (exact) mass is 283 g/mol. The molecule has 1 fully saturated rings. The molecular formula is C12H14BrNO2. The number of methoxy groups -OCH3 is 1. The van der Waals surface area contributed by atoms with Gasteiger partial charge in [-0.05, 0) is 24.5 Å². The second kappa shape index (κ2) is 4.97. The van der Waals surface area contributed by atoms with Gasteiger partial charge in [-0.2, -0.15) is 0 Å². The van der Waals surface area contributed by atoms with Gasteiger partial charge in [-0.1, -0.05) is 34.1 Å². The van der Waals surface area contributed by atoms with Crippen LogP contribution in [0.3, 0.4) is 0 Å². The van der Waals surface area contributed by atoms with Crippen molar-refractivity contribution in [2.75, 3.05) is 7.11 Å². The fraction of sp³-hybridized carbons (Fsp3) is 0.417. The first-order valence-electron chi connectivity index (χ1n) is 5.30. The highest BCUT2D eigenvalue weighted by Gasteiger charge is 2.31. The average molecular weight is 284 g/mol. The van der Waals surface area contributed by atoms with Gasteiger partial charge in [0.2, 0.25) is 0 Å². The maximum atomic E-state index is 11.4. The first-order valence-corrected chi connectivity index (χ1v) is 6.10. The third-order valence-electron chi connectivity index (χ3n) is 2.91. The van der Waals surface area contributed by atoms with Crippen LogP contribution >= 0.6 is 15.9 Å². The lowest BCUT2D eigenvalue weighted by molar-refractivity contribution is -0.142. The number of ether oxygens (including phenoxy) is 1. The number of carbonyl (C=O) groups excluding carboxylic acids is 1. The van der Waals surface area contributed by atoms with Crippen LogP contribution in [-0.2, 0) is 9.53 Å². The van der Waals surface area contributed by atoms with Gasteiger partial charge in [-0.15, -0.1) is 0 Å². The Morgan fingerprint density at radius 3 is 2.88 bits per heavy atom. The Hall–Kier alpha value is -0.870. The first-order chi connectivity index (χ1) is 7.72. The molecule has 0 spiro atoms. The molecular weight excluding hydrogens is 270 g/mol.